The number of carbonyl (C=O) groups excluding carboxylic acids is 3. The highest BCUT2D eigenvalue weighted by molar-refractivity contribution is 6.05. The maximum absolute atomic E-state index is 12.9. The number of amides is 3. The van der Waals surface area contributed by atoms with Crippen LogP contribution in [0.4, 0.5) is 0 Å². The zero-order valence-corrected chi connectivity index (χ0v) is 21.1. The van der Waals surface area contributed by atoms with E-state index in [4.69, 9.17) is 0 Å². The van der Waals surface area contributed by atoms with Crippen LogP contribution in [0.25, 0.3) is 0 Å². The van der Waals surface area contributed by atoms with Gasteiger partial charge in [0.15, 0.2) is 0 Å². The molecule has 4 saturated carbocycles. The first kappa shape index (κ1) is 23.7. The highest BCUT2D eigenvalue weighted by Crippen LogP contribution is 2.60. The molecule has 190 valence electrons. The molecular weight excluding hydrogens is 450 g/mol. The number of piperidine rings is 1. The molecule has 0 spiro atoms. The highest BCUT2D eigenvalue weighted by atomic mass is 16.2. The Labute approximate surface area is 214 Å². The van der Waals surface area contributed by atoms with Crippen molar-refractivity contribution >= 4 is 17.7 Å². The minimum absolute atomic E-state index is 0.144. The maximum atomic E-state index is 12.9. The van der Waals surface area contributed by atoms with Crippen LogP contribution in [0.5, 0.6) is 0 Å². The third-order valence-corrected chi connectivity index (χ3v) is 9.50. The Kier molecular flexibility index (Phi) is 6.37. The van der Waals surface area contributed by atoms with Gasteiger partial charge in [-0.1, -0.05) is 30.7 Å². The number of imide groups is 1. The molecule has 4 bridgehead atoms. The molecule has 1 aromatic carbocycles. The third-order valence-electron chi connectivity index (χ3n) is 9.50. The number of rotatable bonds is 8. The van der Waals surface area contributed by atoms with Gasteiger partial charge in [-0.3, -0.25) is 19.7 Å². The van der Waals surface area contributed by atoms with Crippen LogP contribution in [-0.4, -0.2) is 40.7 Å². The number of hydrogen-bond acceptors (Lipinski definition) is 4. The van der Waals surface area contributed by atoms with Crippen molar-refractivity contribution < 1.29 is 14.4 Å². The fraction of sp³-hybridized carbons (Fsp3) is 0.633. The van der Waals surface area contributed by atoms with Crippen molar-refractivity contribution in [2.24, 2.45) is 17.8 Å². The topological polar surface area (TPSA) is 78.5 Å². The average molecular weight is 488 g/mol. The Balaban J connectivity index is 0.946. The lowest BCUT2D eigenvalue weighted by atomic mass is 9.80. The van der Waals surface area contributed by atoms with E-state index in [1.807, 2.05) is 18.2 Å². The Morgan fingerprint density at radius 1 is 1.03 bits per heavy atom. The molecule has 3 atom stereocenters. The molecule has 6 heteroatoms. The van der Waals surface area contributed by atoms with E-state index in [0.717, 1.165) is 48.3 Å². The van der Waals surface area contributed by atoms with Crippen molar-refractivity contribution in [3.8, 4) is 11.8 Å². The van der Waals surface area contributed by atoms with Crippen LogP contribution in [0, 0.1) is 29.6 Å². The van der Waals surface area contributed by atoms with E-state index in [9.17, 15) is 14.4 Å². The lowest BCUT2D eigenvalue weighted by Gasteiger charge is -2.34. The molecule has 6 nitrogen and oxygen atoms in total. The van der Waals surface area contributed by atoms with E-state index >= 15 is 0 Å². The van der Waals surface area contributed by atoms with E-state index in [1.54, 1.807) is 4.90 Å². The molecule has 7 rings (SSSR count). The fourth-order valence-electron chi connectivity index (χ4n) is 7.97. The normalized spacial score (nSPS) is 32.0. The second kappa shape index (κ2) is 9.67. The molecule has 0 radical (unpaired) electrons. The van der Waals surface area contributed by atoms with Gasteiger partial charge < -0.3 is 10.2 Å². The molecule has 36 heavy (non-hydrogen) atoms. The molecule has 1 aromatic rings. The SMILES string of the molecule is O=C1CCC(N2Cc3c(C#CCCCCCCNC45CC6CC(CC4C6)C5)cccc3C2=O)C(=O)N1. The summed E-state index contributed by atoms with van der Waals surface area (Å²) >= 11 is 0. The van der Waals surface area contributed by atoms with Crippen LogP contribution in [0.15, 0.2) is 18.2 Å². The van der Waals surface area contributed by atoms with Crippen LogP contribution in [-0.2, 0) is 16.1 Å². The minimum atomic E-state index is -0.587. The summed E-state index contributed by atoms with van der Waals surface area (Å²) in [5, 5.41) is 6.36. The Hall–Kier alpha value is -2.65. The van der Waals surface area contributed by atoms with Gasteiger partial charge in [0.1, 0.15) is 6.04 Å². The quantitative estimate of drug-likeness (QED) is 0.331. The van der Waals surface area contributed by atoms with Crippen molar-refractivity contribution in [3.63, 3.8) is 0 Å². The van der Waals surface area contributed by atoms with Crippen LogP contribution < -0.4 is 10.6 Å². The first-order valence-corrected chi connectivity index (χ1v) is 14.0. The standard InChI is InChI=1S/C30H37N3O3/c34-27-12-11-26(28(35)32-27)33-19-25-22(9-7-10-24(25)29(33)36)8-5-3-1-2-4-6-13-31-30-17-20-14-21(18-30)16-23(30)15-20/h7,9-10,20-21,23,26,31H,1-4,6,11-19H2,(H,32,34,35). The largest absolute Gasteiger partial charge is 0.322 e. The monoisotopic (exact) mass is 487 g/mol. The van der Waals surface area contributed by atoms with Gasteiger partial charge in [-0.05, 0) is 93.4 Å². The molecule has 0 aromatic heterocycles. The number of benzene rings is 1. The number of nitrogens with one attached hydrogen (secondary N) is 2. The summed E-state index contributed by atoms with van der Waals surface area (Å²) < 4.78 is 0. The minimum Gasteiger partial charge on any atom is -0.322 e. The third kappa shape index (κ3) is 4.36. The van der Waals surface area contributed by atoms with Crippen LogP contribution >= 0.6 is 0 Å². The number of nitrogens with zero attached hydrogens (tertiary/aromatic N) is 1. The lowest BCUT2D eigenvalue weighted by Crippen LogP contribution is -2.52. The molecule has 3 amide bonds. The first-order valence-electron chi connectivity index (χ1n) is 14.0. The van der Waals surface area contributed by atoms with Crippen molar-refractivity contribution in [2.75, 3.05) is 6.54 Å². The summed E-state index contributed by atoms with van der Waals surface area (Å²) in [6.07, 6.45) is 13.6. The van der Waals surface area contributed by atoms with E-state index in [1.165, 1.54) is 51.4 Å². The number of fused-ring (bicyclic) bond motifs is 1. The van der Waals surface area contributed by atoms with Gasteiger partial charge in [-0.15, -0.1) is 0 Å². The Morgan fingerprint density at radius 2 is 1.83 bits per heavy atom. The summed E-state index contributed by atoms with van der Waals surface area (Å²) in [7, 11) is 0. The predicted octanol–water partition coefficient (Wildman–Crippen LogP) is 3.92. The molecule has 4 aliphatic carbocycles. The molecule has 2 N–H and O–H groups in total. The summed E-state index contributed by atoms with van der Waals surface area (Å²) in [5.74, 6) is 8.79. The second-order valence-corrected chi connectivity index (χ2v) is 11.8. The number of unbranched alkanes of at least 4 members (excludes halogenated alkanes) is 4. The van der Waals surface area contributed by atoms with Gasteiger partial charge in [-0.25, -0.2) is 0 Å². The zero-order valence-electron chi connectivity index (χ0n) is 21.1. The fourth-order valence-corrected chi connectivity index (χ4v) is 7.97. The van der Waals surface area contributed by atoms with E-state index in [-0.39, 0.29) is 24.1 Å². The smallest absolute Gasteiger partial charge is 0.255 e. The average Bonchev–Trinajstić information content (AvgIpc) is 3.40. The summed E-state index contributed by atoms with van der Waals surface area (Å²) in [6.45, 7) is 1.54. The Morgan fingerprint density at radius 3 is 2.64 bits per heavy atom. The molecule has 1 saturated heterocycles. The van der Waals surface area contributed by atoms with Gasteiger partial charge in [0.05, 0.1) is 0 Å². The van der Waals surface area contributed by atoms with Crippen molar-refractivity contribution in [3.05, 3.63) is 34.9 Å². The van der Waals surface area contributed by atoms with Crippen LogP contribution in [0.1, 0.15) is 98.5 Å². The second-order valence-electron chi connectivity index (χ2n) is 11.8. The summed E-state index contributed by atoms with van der Waals surface area (Å²) in [5.41, 5.74) is 2.91. The predicted molar refractivity (Wildman–Crippen MR) is 137 cm³/mol. The van der Waals surface area contributed by atoms with Gasteiger partial charge >= 0.3 is 0 Å². The van der Waals surface area contributed by atoms with Gasteiger partial charge in [-0.2, -0.15) is 0 Å². The van der Waals surface area contributed by atoms with Crippen molar-refractivity contribution in [2.45, 2.75) is 95.2 Å². The van der Waals surface area contributed by atoms with Crippen LogP contribution in [0.2, 0.25) is 0 Å². The van der Waals surface area contributed by atoms with Crippen molar-refractivity contribution in [1.29, 1.82) is 0 Å². The van der Waals surface area contributed by atoms with Crippen molar-refractivity contribution in [1.82, 2.24) is 15.5 Å². The molecule has 6 aliphatic rings. The zero-order chi connectivity index (χ0) is 24.7. The van der Waals surface area contributed by atoms with Gasteiger partial charge in [0.2, 0.25) is 11.8 Å². The maximum Gasteiger partial charge on any atom is 0.255 e. The first-order chi connectivity index (χ1) is 17.5. The lowest BCUT2D eigenvalue weighted by molar-refractivity contribution is -0.136. The van der Waals surface area contributed by atoms with Crippen LogP contribution in [0.3, 0.4) is 0 Å². The summed E-state index contributed by atoms with van der Waals surface area (Å²) in [4.78, 5) is 38.3. The van der Waals surface area contributed by atoms with E-state index in [0.29, 0.717) is 24.1 Å². The van der Waals surface area contributed by atoms with E-state index < -0.39 is 6.04 Å². The molecule has 2 heterocycles. The number of hydrogen-bond donors (Lipinski definition) is 2. The summed E-state index contributed by atoms with van der Waals surface area (Å²) in [6, 6.07) is 5.05. The molecule has 2 aliphatic heterocycles. The highest BCUT2D eigenvalue weighted by Gasteiger charge is 2.57. The van der Waals surface area contributed by atoms with Gasteiger partial charge in [0.25, 0.3) is 5.91 Å². The molecule has 5 fully saturated rings. The molecular formula is C30H37N3O3. The number of carbonyl (C=O) groups is 3. The van der Waals surface area contributed by atoms with E-state index in [2.05, 4.69) is 22.5 Å². The van der Waals surface area contributed by atoms with Gasteiger partial charge in [0, 0.05) is 36.1 Å². The Bertz CT molecular complexity index is 1120. The molecule has 3 unspecified atom stereocenters.